The van der Waals surface area contributed by atoms with Crippen molar-refractivity contribution in [2.75, 3.05) is 7.05 Å². The molecule has 0 radical (unpaired) electrons. The molecule has 1 aromatic carbocycles. The van der Waals surface area contributed by atoms with Crippen LogP contribution in [0.1, 0.15) is 31.9 Å². The van der Waals surface area contributed by atoms with Gasteiger partial charge in [-0.15, -0.1) is 0 Å². The van der Waals surface area contributed by atoms with Gasteiger partial charge in [-0.2, -0.15) is 13.2 Å². The summed E-state index contributed by atoms with van der Waals surface area (Å²) in [6, 6.07) is 5.69. The largest absolute Gasteiger partial charge is 0.416 e. The minimum absolute atomic E-state index is 0.00296. The van der Waals surface area contributed by atoms with Crippen molar-refractivity contribution in [2.24, 2.45) is 5.41 Å². The first-order chi connectivity index (χ1) is 8.14. The molecule has 1 N–H and O–H groups in total. The van der Waals surface area contributed by atoms with Crippen molar-refractivity contribution < 1.29 is 13.2 Å². The van der Waals surface area contributed by atoms with E-state index in [1.807, 2.05) is 7.05 Å². The van der Waals surface area contributed by atoms with Crippen molar-refractivity contribution in [3.63, 3.8) is 0 Å². The van der Waals surface area contributed by atoms with Gasteiger partial charge in [0.1, 0.15) is 0 Å². The Bertz CT molecular complexity index is 391. The van der Waals surface area contributed by atoms with Gasteiger partial charge in [-0.05, 0) is 30.5 Å². The topological polar surface area (TPSA) is 12.0 Å². The van der Waals surface area contributed by atoms with E-state index in [2.05, 4.69) is 26.1 Å². The summed E-state index contributed by atoms with van der Waals surface area (Å²) in [5, 5.41) is 3.17. The quantitative estimate of drug-likeness (QED) is 0.868. The standard InChI is InChI=1S/C14H20F3N/c1-13(2,3)12(18-4)9-10-6-5-7-11(8-10)14(15,16)17/h5-8,12,18H,9H2,1-4H3. The minimum Gasteiger partial charge on any atom is -0.316 e. The third-order valence-electron chi connectivity index (χ3n) is 3.09. The Morgan fingerprint density at radius 2 is 1.78 bits per heavy atom. The molecule has 0 aliphatic carbocycles. The SMILES string of the molecule is CNC(Cc1cccc(C(F)(F)F)c1)C(C)(C)C. The van der Waals surface area contributed by atoms with Crippen molar-refractivity contribution in [1.82, 2.24) is 5.32 Å². The van der Waals surface area contributed by atoms with Crippen LogP contribution in [0.4, 0.5) is 13.2 Å². The lowest BCUT2D eigenvalue weighted by molar-refractivity contribution is -0.137. The van der Waals surface area contributed by atoms with E-state index in [4.69, 9.17) is 0 Å². The van der Waals surface area contributed by atoms with Crippen LogP contribution in [0.15, 0.2) is 24.3 Å². The van der Waals surface area contributed by atoms with Crippen molar-refractivity contribution >= 4 is 0 Å². The molecule has 0 saturated heterocycles. The summed E-state index contributed by atoms with van der Waals surface area (Å²) in [5.41, 5.74) is 0.131. The highest BCUT2D eigenvalue weighted by atomic mass is 19.4. The molecule has 0 heterocycles. The van der Waals surface area contributed by atoms with Crippen molar-refractivity contribution in [2.45, 2.75) is 39.4 Å². The molecular formula is C14H20F3N. The first kappa shape index (κ1) is 15.0. The fourth-order valence-corrected chi connectivity index (χ4v) is 1.95. The molecule has 102 valence electrons. The zero-order chi connectivity index (χ0) is 14.0. The van der Waals surface area contributed by atoms with Crippen LogP contribution < -0.4 is 5.32 Å². The predicted octanol–water partition coefficient (Wildman–Crippen LogP) is 3.88. The highest BCUT2D eigenvalue weighted by Gasteiger charge is 2.31. The van der Waals surface area contributed by atoms with E-state index in [1.165, 1.54) is 12.1 Å². The van der Waals surface area contributed by atoms with Crippen LogP contribution >= 0.6 is 0 Å². The molecule has 0 spiro atoms. The lowest BCUT2D eigenvalue weighted by Gasteiger charge is -2.30. The van der Waals surface area contributed by atoms with Gasteiger partial charge >= 0.3 is 6.18 Å². The first-order valence-corrected chi connectivity index (χ1v) is 5.98. The zero-order valence-corrected chi connectivity index (χ0v) is 11.2. The Hall–Kier alpha value is -1.03. The molecule has 0 aliphatic heterocycles. The van der Waals surface area contributed by atoms with Crippen LogP contribution in [0.3, 0.4) is 0 Å². The summed E-state index contributed by atoms with van der Waals surface area (Å²) in [6.45, 7) is 6.21. The third kappa shape index (κ3) is 4.02. The van der Waals surface area contributed by atoms with Crippen LogP contribution in [-0.4, -0.2) is 13.1 Å². The number of halogens is 3. The molecule has 18 heavy (non-hydrogen) atoms. The number of alkyl halides is 3. The fraction of sp³-hybridized carbons (Fsp3) is 0.571. The Morgan fingerprint density at radius 1 is 1.17 bits per heavy atom. The van der Waals surface area contributed by atoms with E-state index >= 15 is 0 Å². The molecule has 1 nitrogen and oxygen atoms in total. The number of benzene rings is 1. The van der Waals surface area contributed by atoms with Gasteiger partial charge in [-0.3, -0.25) is 0 Å². The highest BCUT2D eigenvalue weighted by molar-refractivity contribution is 5.26. The van der Waals surface area contributed by atoms with Gasteiger partial charge in [0.05, 0.1) is 5.56 Å². The number of rotatable bonds is 3. The smallest absolute Gasteiger partial charge is 0.316 e. The number of nitrogens with one attached hydrogen (secondary N) is 1. The van der Waals surface area contributed by atoms with Gasteiger partial charge in [0.25, 0.3) is 0 Å². The maximum atomic E-state index is 12.6. The van der Waals surface area contributed by atoms with Gasteiger partial charge in [-0.25, -0.2) is 0 Å². The summed E-state index contributed by atoms with van der Waals surface area (Å²) in [4.78, 5) is 0. The maximum absolute atomic E-state index is 12.6. The molecule has 1 aromatic rings. The molecule has 1 rings (SSSR count). The average molecular weight is 259 g/mol. The molecule has 1 atom stereocenters. The second kappa shape index (κ2) is 5.31. The second-order valence-electron chi connectivity index (χ2n) is 5.61. The minimum atomic E-state index is -4.27. The van der Waals surface area contributed by atoms with Gasteiger partial charge in [0, 0.05) is 6.04 Å². The van der Waals surface area contributed by atoms with E-state index in [-0.39, 0.29) is 11.5 Å². The summed E-state index contributed by atoms with van der Waals surface area (Å²) in [5.74, 6) is 0. The Balaban J connectivity index is 2.92. The summed E-state index contributed by atoms with van der Waals surface area (Å²) >= 11 is 0. The van der Waals surface area contributed by atoms with Crippen LogP contribution in [-0.2, 0) is 12.6 Å². The summed E-state index contributed by atoms with van der Waals surface area (Å²) in [7, 11) is 1.84. The maximum Gasteiger partial charge on any atom is 0.416 e. The Morgan fingerprint density at radius 3 is 2.22 bits per heavy atom. The van der Waals surface area contributed by atoms with E-state index in [0.29, 0.717) is 12.0 Å². The van der Waals surface area contributed by atoms with Gasteiger partial charge < -0.3 is 5.32 Å². The van der Waals surface area contributed by atoms with Gasteiger partial charge in [0.2, 0.25) is 0 Å². The Labute approximate surface area is 106 Å². The zero-order valence-electron chi connectivity index (χ0n) is 11.2. The summed E-state index contributed by atoms with van der Waals surface area (Å²) in [6.07, 6.45) is -3.68. The number of hydrogen-bond donors (Lipinski definition) is 1. The lowest BCUT2D eigenvalue weighted by Crippen LogP contribution is -2.39. The van der Waals surface area contributed by atoms with Crippen LogP contribution in [0.2, 0.25) is 0 Å². The molecule has 0 aromatic heterocycles. The molecular weight excluding hydrogens is 239 g/mol. The molecule has 0 fully saturated rings. The van der Waals surface area contributed by atoms with Gasteiger partial charge in [0.15, 0.2) is 0 Å². The molecule has 0 amide bonds. The predicted molar refractivity (Wildman–Crippen MR) is 67.5 cm³/mol. The third-order valence-corrected chi connectivity index (χ3v) is 3.09. The van der Waals surface area contributed by atoms with E-state index in [9.17, 15) is 13.2 Å². The number of likely N-dealkylation sites (N-methyl/N-ethyl adjacent to an activating group) is 1. The van der Waals surface area contributed by atoms with Crippen molar-refractivity contribution in [3.8, 4) is 0 Å². The van der Waals surface area contributed by atoms with E-state index in [1.54, 1.807) is 6.07 Å². The van der Waals surface area contributed by atoms with Gasteiger partial charge in [-0.1, -0.05) is 39.0 Å². The lowest BCUT2D eigenvalue weighted by atomic mass is 9.83. The van der Waals surface area contributed by atoms with Crippen LogP contribution in [0.25, 0.3) is 0 Å². The fourth-order valence-electron chi connectivity index (χ4n) is 1.95. The van der Waals surface area contributed by atoms with Crippen LogP contribution in [0, 0.1) is 5.41 Å². The molecule has 0 saturated carbocycles. The number of hydrogen-bond acceptors (Lipinski definition) is 1. The van der Waals surface area contributed by atoms with E-state index < -0.39 is 11.7 Å². The average Bonchev–Trinajstić information content (AvgIpc) is 2.23. The van der Waals surface area contributed by atoms with Crippen LogP contribution in [0.5, 0.6) is 0 Å². The first-order valence-electron chi connectivity index (χ1n) is 5.98. The van der Waals surface area contributed by atoms with Crippen molar-refractivity contribution in [3.05, 3.63) is 35.4 Å². The molecule has 4 heteroatoms. The normalized spacial score (nSPS) is 14.6. The van der Waals surface area contributed by atoms with E-state index in [0.717, 1.165) is 6.07 Å². The monoisotopic (exact) mass is 259 g/mol. The second-order valence-corrected chi connectivity index (χ2v) is 5.61. The van der Waals surface area contributed by atoms with Crippen molar-refractivity contribution in [1.29, 1.82) is 0 Å². The Kier molecular flexibility index (Phi) is 4.43. The molecule has 0 bridgehead atoms. The molecule has 0 aliphatic rings. The highest BCUT2D eigenvalue weighted by Crippen LogP contribution is 2.30. The summed E-state index contributed by atoms with van der Waals surface area (Å²) < 4.78 is 37.8. The molecule has 1 unspecified atom stereocenters.